The molecule has 0 saturated heterocycles. The maximum atomic E-state index is 12.0. The van der Waals surface area contributed by atoms with E-state index < -0.39 is 0 Å². The molecule has 2 aromatic rings. The predicted octanol–water partition coefficient (Wildman–Crippen LogP) is 2.84. The molecule has 0 radical (unpaired) electrons. The average Bonchev–Trinajstić information content (AvgIpc) is 3.07. The van der Waals surface area contributed by atoms with Crippen molar-refractivity contribution in [2.45, 2.75) is 25.8 Å². The Morgan fingerprint density at radius 2 is 2.14 bits per heavy atom. The molecule has 0 spiro atoms. The third-order valence-electron chi connectivity index (χ3n) is 3.83. The van der Waals surface area contributed by atoms with Gasteiger partial charge in [-0.2, -0.15) is 5.10 Å². The van der Waals surface area contributed by atoms with E-state index in [0.717, 1.165) is 24.8 Å². The zero-order chi connectivity index (χ0) is 15.2. The summed E-state index contributed by atoms with van der Waals surface area (Å²) in [7, 11) is 0. The van der Waals surface area contributed by atoms with Crippen molar-refractivity contribution >= 4 is 5.97 Å². The number of carbonyl (C=O) groups is 1. The van der Waals surface area contributed by atoms with Crippen LogP contribution in [0.5, 0.6) is 0 Å². The Morgan fingerprint density at radius 3 is 2.82 bits per heavy atom. The first-order valence-corrected chi connectivity index (χ1v) is 7.55. The topological polar surface area (TPSA) is 57.0 Å². The Kier molecular flexibility index (Phi) is 4.63. The second kappa shape index (κ2) is 7.02. The maximum absolute atomic E-state index is 12.0. The number of aromatic nitrogens is 3. The SMILES string of the molecule is O=C(OCC1CC=CCC1)c1ccc(Cn2cncn2)cc1. The second-order valence-electron chi connectivity index (χ2n) is 5.54. The number of esters is 1. The van der Waals surface area contributed by atoms with E-state index in [4.69, 9.17) is 4.74 Å². The van der Waals surface area contributed by atoms with Gasteiger partial charge in [-0.05, 0) is 42.9 Å². The first-order valence-electron chi connectivity index (χ1n) is 7.55. The zero-order valence-corrected chi connectivity index (χ0v) is 12.4. The van der Waals surface area contributed by atoms with Crippen LogP contribution in [0.1, 0.15) is 35.2 Å². The normalized spacial score (nSPS) is 17.4. The number of carbonyl (C=O) groups excluding carboxylic acids is 1. The van der Waals surface area contributed by atoms with Crippen LogP contribution >= 0.6 is 0 Å². The molecule has 0 N–H and O–H groups in total. The van der Waals surface area contributed by atoms with Crippen molar-refractivity contribution in [1.29, 1.82) is 0 Å². The van der Waals surface area contributed by atoms with E-state index in [1.54, 1.807) is 23.1 Å². The number of hydrogen-bond acceptors (Lipinski definition) is 4. The van der Waals surface area contributed by atoms with E-state index in [1.807, 2.05) is 12.1 Å². The standard InChI is InChI=1S/C17H19N3O2/c21-17(22-11-15-4-2-1-3-5-15)16-8-6-14(7-9-16)10-20-13-18-12-19-20/h1-2,6-9,12-13,15H,3-5,10-11H2. The van der Waals surface area contributed by atoms with Gasteiger partial charge in [0.05, 0.1) is 18.7 Å². The van der Waals surface area contributed by atoms with Gasteiger partial charge in [-0.15, -0.1) is 0 Å². The summed E-state index contributed by atoms with van der Waals surface area (Å²) in [6, 6.07) is 7.44. The molecule has 0 bridgehead atoms. The number of benzene rings is 1. The highest BCUT2D eigenvalue weighted by atomic mass is 16.5. The van der Waals surface area contributed by atoms with Crippen molar-refractivity contribution in [2.75, 3.05) is 6.61 Å². The Balaban J connectivity index is 1.53. The van der Waals surface area contributed by atoms with E-state index in [-0.39, 0.29) is 5.97 Å². The number of allylic oxidation sites excluding steroid dienone is 2. The molecule has 0 fully saturated rings. The van der Waals surface area contributed by atoms with Crippen LogP contribution in [0.15, 0.2) is 49.1 Å². The summed E-state index contributed by atoms with van der Waals surface area (Å²) >= 11 is 0. The lowest BCUT2D eigenvalue weighted by Crippen LogP contribution is -2.15. The molecule has 114 valence electrons. The molecule has 1 unspecified atom stereocenters. The van der Waals surface area contributed by atoms with Gasteiger partial charge in [0.1, 0.15) is 12.7 Å². The Labute approximate surface area is 129 Å². The third-order valence-corrected chi connectivity index (χ3v) is 3.83. The van der Waals surface area contributed by atoms with Gasteiger partial charge in [0, 0.05) is 0 Å². The minimum absolute atomic E-state index is 0.248. The molecular formula is C17H19N3O2. The Hall–Kier alpha value is -2.43. The number of hydrogen-bond donors (Lipinski definition) is 0. The Bertz CT molecular complexity index is 632. The molecule has 0 amide bonds. The predicted molar refractivity (Wildman–Crippen MR) is 82.3 cm³/mol. The smallest absolute Gasteiger partial charge is 0.338 e. The highest BCUT2D eigenvalue weighted by Crippen LogP contribution is 2.18. The number of rotatable bonds is 5. The molecule has 1 aromatic carbocycles. The van der Waals surface area contributed by atoms with Crippen molar-refractivity contribution < 1.29 is 9.53 Å². The van der Waals surface area contributed by atoms with Gasteiger partial charge in [-0.25, -0.2) is 14.5 Å². The maximum Gasteiger partial charge on any atom is 0.338 e. The van der Waals surface area contributed by atoms with Gasteiger partial charge in [0.25, 0.3) is 0 Å². The molecule has 3 rings (SSSR count). The lowest BCUT2D eigenvalue weighted by Gasteiger charge is -2.17. The lowest BCUT2D eigenvalue weighted by molar-refractivity contribution is 0.0432. The van der Waals surface area contributed by atoms with Crippen molar-refractivity contribution in [3.05, 3.63) is 60.2 Å². The lowest BCUT2D eigenvalue weighted by atomic mass is 9.95. The molecule has 5 heteroatoms. The monoisotopic (exact) mass is 297 g/mol. The first kappa shape index (κ1) is 14.5. The molecule has 1 heterocycles. The molecule has 0 saturated carbocycles. The molecule has 22 heavy (non-hydrogen) atoms. The zero-order valence-electron chi connectivity index (χ0n) is 12.4. The van der Waals surface area contributed by atoms with Gasteiger partial charge < -0.3 is 4.74 Å². The van der Waals surface area contributed by atoms with E-state index in [1.165, 1.54) is 6.33 Å². The summed E-state index contributed by atoms with van der Waals surface area (Å²) in [6.45, 7) is 1.15. The fourth-order valence-electron chi connectivity index (χ4n) is 2.53. The number of ether oxygens (including phenoxy) is 1. The molecule has 1 aliphatic carbocycles. The first-order chi connectivity index (χ1) is 10.8. The van der Waals surface area contributed by atoms with Gasteiger partial charge in [-0.1, -0.05) is 24.3 Å². The number of nitrogens with zero attached hydrogens (tertiary/aromatic N) is 3. The largest absolute Gasteiger partial charge is 0.462 e. The minimum atomic E-state index is -0.248. The van der Waals surface area contributed by atoms with Crippen molar-refractivity contribution in [2.24, 2.45) is 5.92 Å². The van der Waals surface area contributed by atoms with Crippen LogP contribution in [0.4, 0.5) is 0 Å². The van der Waals surface area contributed by atoms with Crippen molar-refractivity contribution in [3.8, 4) is 0 Å². The summed E-state index contributed by atoms with van der Waals surface area (Å²) in [4.78, 5) is 16.0. The molecule has 1 aliphatic rings. The van der Waals surface area contributed by atoms with Gasteiger partial charge in [0.15, 0.2) is 0 Å². The summed E-state index contributed by atoms with van der Waals surface area (Å²) in [5.41, 5.74) is 1.66. The minimum Gasteiger partial charge on any atom is -0.462 e. The fraction of sp³-hybridized carbons (Fsp3) is 0.353. The van der Waals surface area contributed by atoms with Gasteiger partial charge in [-0.3, -0.25) is 0 Å². The van der Waals surface area contributed by atoms with E-state index in [9.17, 15) is 4.79 Å². The summed E-state index contributed by atoms with van der Waals surface area (Å²) < 4.78 is 7.15. The highest BCUT2D eigenvalue weighted by Gasteiger charge is 2.14. The quantitative estimate of drug-likeness (QED) is 0.629. The average molecular weight is 297 g/mol. The van der Waals surface area contributed by atoms with Crippen LogP contribution in [0.3, 0.4) is 0 Å². The van der Waals surface area contributed by atoms with Crippen LogP contribution in [-0.2, 0) is 11.3 Å². The summed E-state index contributed by atoms with van der Waals surface area (Å²) in [6.07, 6.45) is 10.7. The molecular weight excluding hydrogens is 278 g/mol. The molecule has 0 aliphatic heterocycles. The Morgan fingerprint density at radius 1 is 1.27 bits per heavy atom. The van der Waals surface area contributed by atoms with Gasteiger partial charge in [0.2, 0.25) is 0 Å². The van der Waals surface area contributed by atoms with Crippen LogP contribution in [0, 0.1) is 5.92 Å². The van der Waals surface area contributed by atoms with E-state index in [0.29, 0.717) is 24.6 Å². The van der Waals surface area contributed by atoms with E-state index >= 15 is 0 Å². The second-order valence-corrected chi connectivity index (χ2v) is 5.54. The third kappa shape index (κ3) is 3.81. The highest BCUT2D eigenvalue weighted by molar-refractivity contribution is 5.89. The molecule has 1 aromatic heterocycles. The van der Waals surface area contributed by atoms with Crippen molar-refractivity contribution in [1.82, 2.24) is 14.8 Å². The molecule has 1 atom stereocenters. The van der Waals surface area contributed by atoms with Crippen LogP contribution in [-0.4, -0.2) is 27.3 Å². The van der Waals surface area contributed by atoms with Gasteiger partial charge >= 0.3 is 5.97 Å². The molecule has 5 nitrogen and oxygen atoms in total. The summed E-state index contributed by atoms with van der Waals surface area (Å²) in [5, 5.41) is 4.06. The van der Waals surface area contributed by atoms with Crippen LogP contribution in [0.2, 0.25) is 0 Å². The van der Waals surface area contributed by atoms with Crippen LogP contribution in [0.25, 0.3) is 0 Å². The summed E-state index contributed by atoms with van der Waals surface area (Å²) in [5.74, 6) is 0.211. The van der Waals surface area contributed by atoms with E-state index in [2.05, 4.69) is 22.2 Å². The fourth-order valence-corrected chi connectivity index (χ4v) is 2.53. The van der Waals surface area contributed by atoms with Crippen LogP contribution < -0.4 is 0 Å². The van der Waals surface area contributed by atoms with Crippen molar-refractivity contribution in [3.63, 3.8) is 0 Å².